The molecule has 0 radical (unpaired) electrons. The standard InChI is InChI=1S/C16H27N3O/c1-4-17-12-15-6-5-7-16(18-15)19(10-11-20-3)13(2)14-8-9-14/h5-7,13-14,17H,4,8-12H2,1-3H3. The molecule has 0 spiro atoms. The minimum Gasteiger partial charge on any atom is -0.383 e. The second-order valence-electron chi connectivity index (χ2n) is 5.53. The Morgan fingerprint density at radius 1 is 1.45 bits per heavy atom. The van der Waals surface area contributed by atoms with E-state index in [2.05, 4.69) is 42.3 Å². The van der Waals surface area contributed by atoms with E-state index in [1.165, 1.54) is 12.8 Å². The maximum Gasteiger partial charge on any atom is 0.129 e. The van der Waals surface area contributed by atoms with Crippen LogP contribution in [0.5, 0.6) is 0 Å². The number of hydrogen-bond donors (Lipinski definition) is 1. The molecule has 4 heteroatoms. The van der Waals surface area contributed by atoms with Crippen LogP contribution in [0.15, 0.2) is 18.2 Å². The smallest absolute Gasteiger partial charge is 0.129 e. The normalized spacial score (nSPS) is 16.1. The number of aromatic nitrogens is 1. The highest BCUT2D eigenvalue weighted by Crippen LogP contribution is 2.36. The average Bonchev–Trinajstić information content (AvgIpc) is 3.30. The van der Waals surface area contributed by atoms with Crippen LogP contribution in [-0.4, -0.2) is 37.8 Å². The fourth-order valence-electron chi connectivity index (χ4n) is 2.53. The topological polar surface area (TPSA) is 37.4 Å². The Morgan fingerprint density at radius 2 is 2.25 bits per heavy atom. The summed E-state index contributed by atoms with van der Waals surface area (Å²) in [6, 6.07) is 6.85. The highest BCUT2D eigenvalue weighted by molar-refractivity contribution is 5.41. The van der Waals surface area contributed by atoms with E-state index in [1.54, 1.807) is 7.11 Å². The van der Waals surface area contributed by atoms with E-state index in [1.807, 2.05) is 0 Å². The lowest BCUT2D eigenvalue weighted by molar-refractivity contribution is 0.202. The number of ether oxygens (including phenoxy) is 1. The van der Waals surface area contributed by atoms with Gasteiger partial charge in [-0.15, -0.1) is 0 Å². The van der Waals surface area contributed by atoms with Gasteiger partial charge in [0.05, 0.1) is 12.3 Å². The van der Waals surface area contributed by atoms with Gasteiger partial charge in [0, 0.05) is 26.2 Å². The predicted octanol–water partition coefficient (Wildman–Crippen LogP) is 2.44. The summed E-state index contributed by atoms with van der Waals surface area (Å²) in [7, 11) is 1.76. The Kier molecular flexibility index (Phi) is 5.80. The van der Waals surface area contributed by atoms with Gasteiger partial charge in [0.15, 0.2) is 0 Å². The molecule has 1 N–H and O–H groups in total. The van der Waals surface area contributed by atoms with Crippen molar-refractivity contribution in [3.8, 4) is 0 Å². The van der Waals surface area contributed by atoms with Gasteiger partial charge in [-0.05, 0) is 44.4 Å². The molecule has 1 unspecified atom stereocenters. The highest BCUT2D eigenvalue weighted by Gasteiger charge is 2.32. The average molecular weight is 277 g/mol. The summed E-state index contributed by atoms with van der Waals surface area (Å²) in [5.74, 6) is 1.91. The zero-order valence-corrected chi connectivity index (χ0v) is 12.9. The van der Waals surface area contributed by atoms with E-state index in [-0.39, 0.29) is 0 Å². The van der Waals surface area contributed by atoms with Gasteiger partial charge < -0.3 is 15.0 Å². The summed E-state index contributed by atoms with van der Waals surface area (Å²) >= 11 is 0. The van der Waals surface area contributed by atoms with Gasteiger partial charge in [0.25, 0.3) is 0 Å². The molecule has 1 atom stereocenters. The number of methoxy groups -OCH3 is 1. The molecule has 20 heavy (non-hydrogen) atoms. The second-order valence-corrected chi connectivity index (χ2v) is 5.53. The molecule has 0 amide bonds. The zero-order valence-electron chi connectivity index (χ0n) is 12.9. The lowest BCUT2D eigenvalue weighted by Crippen LogP contribution is -2.38. The first-order chi connectivity index (χ1) is 9.76. The first-order valence-corrected chi connectivity index (χ1v) is 7.68. The minimum absolute atomic E-state index is 0.548. The van der Waals surface area contributed by atoms with Gasteiger partial charge in [-0.3, -0.25) is 0 Å². The minimum atomic E-state index is 0.548. The third-order valence-electron chi connectivity index (χ3n) is 3.97. The molecular formula is C16H27N3O. The van der Waals surface area contributed by atoms with Crippen molar-refractivity contribution in [1.82, 2.24) is 10.3 Å². The maximum atomic E-state index is 5.26. The first kappa shape index (κ1) is 15.3. The highest BCUT2D eigenvalue weighted by atomic mass is 16.5. The zero-order chi connectivity index (χ0) is 14.4. The third kappa shape index (κ3) is 4.18. The number of nitrogens with zero attached hydrogens (tertiary/aromatic N) is 2. The van der Waals surface area contributed by atoms with Crippen molar-refractivity contribution < 1.29 is 4.74 Å². The molecule has 0 aliphatic heterocycles. The van der Waals surface area contributed by atoms with Crippen LogP contribution in [-0.2, 0) is 11.3 Å². The fraction of sp³-hybridized carbons (Fsp3) is 0.688. The number of hydrogen-bond acceptors (Lipinski definition) is 4. The van der Waals surface area contributed by atoms with Crippen molar-refractivity contribution >= 4 is 5.82 Å². The van der Waals surface area contributed by atoms with Crippen molar-refractivity contribution in [2.75, 3.05) is 31.7 Å². The SMILES string of the molecule is CCNCc1cccc(N(CCOC)C(C)C2CC2)n1. The molecule has 1 aromatic heterocycles. The van der Waals surface area contributed by atoms with E-state index in [0.29, 0.717) is 6.04 Å². The van der Waals surface area contributed by atoms with Gasteiger partial charge in [-0.1, -0.05) is 13.0 Å². The Bertz CT molecular complexity index is 406. The van der Waals surface area contributed by atoms with Gasteiger partial charge in [-0.25, -0.2) is 4.98 Å². The molecule has 1 aromatic rings. The van der Waals surface area contributed by atoms with Gasteiger partial charge >= 0.3 is 0 Å². The summed E-state index contributed by atoms with van der Waals surface area (Å²) in [5, 5.41) is 3.33. The van der Waals surface area contributed by atoms with Crippen LogP contribution in [0.4, 0.5) is 5.82 Å². The Labute approximate surface area is 122 Å². The molecule has 0 bridgehead atoms. The summed E-state index contributed by atoms with van der Waals surface area (Å²) in [5.41, 5.74) is 1.11. The van der Waals surface area contributed by atoms with E-state index in [9.17, 15) is 0 Å². The van der Waals surface area contributed by atoms with E-state index < -0.39 is 0 Å². The summed E-state index contributed by atoms with van der Waals surface area (Å²) in [6.07, 6.45) is 2.70. The first-order valence-electron chi connectivity index (χ1n) is 7.68. The van der Waals surface area contributed by atoms with E-state index in [0.717, 1.165) is 43.7 Å². The molecule has 1 saturated carbocycles. The Hall–Kier alpha value is -1.13. The molecule has 0 aromatic carbocycles. The van der Waals surface area contributed by atoms with Crippen LogP contribution >= 0.6 is 0 Å². The summed E-state index contributed by atoms with van der Waals surface area (Å²) in [4.78, 5) is 7.20. The second kappa shape index (κ2) is 7.60. The lowest BCUT2D eigenvalue weighted by atomic mass is 10.1. The number of rotatable bonds is 9. The summed E-state index contributed by atoms with van der Waals surface area (Å²) in [6.45, 7) is 7.88. The number of anilines is 1. The monoisotopic (exact) mass is 277 g/mol. The third-order valence-corrected chi connectivity index (χ3v) is 3.97. The largest absolute Gasteiger partial charge is 0.383 e. The van der Waals surface area contributed by atoms with Gasteiger partial charge in [0.1, 0.15) is 5.82 Å². The molecule has 1 heterocycles. The molecule has 1 fully saturated rings. The quantitative estimate of drug-likeness (QED) is 0.752. The fourth-order valence-corrected chi connectivity index (χ4v) is 2.53. The van der Waals surface area contributed by atoms with Crippen molar-refractivity contribution in [1.29, 1.82) is 0 Å². The van der Waals surface area contributed by atoms with Gasteiger partial charge in [-0.2, -0.15) is 0 Å². The van der Waals surface area contributed by atoms with Crippen LogP contribution in [0.25, 0.3) is 0 Å². The van der Waals surface area contributed by atoms with Crippen molar-refractivity contribution in [3.05, 3.63) is 23.9 Å². The van der Waals surface area contributed by atoms with Crippen LogP contribution in [0.3, 0.4) is 0 Å². The molecule has 1 aliphatic rings. The van der Waals surface area contributed by atoms with E-state index in [4.69, 9.17) is 9.72 Å². The van der Waals surface area contributed by atoms with E-state index >= 15 is 0 Å². The van der Waals surface area contributed by atoms with Crippen LogP contribution < -0.4 is 10.2 Å². The van der Waals surface area contributed by atoms with Crippen LogP contribution in [0.1, 0.15) is 32.4 Å². The molecule has 112 valence electrons. The number of nitrogens with one attached hydrogen (secondary N) is 1. The lowest BCUT2D eigenvalue weighted by Gasteiger charge is -2.30. The van der Waals surface area contributed by atoms with Crippen molar-refractivity contribution in [2.45, 2.75) is 39.3 Å². The molecule has 4 nitrogen and oxygen atoms in total. The van der Waals surface area contributed by atoms with Crippen molar-refractivity contribution in [2.24, 2.45) is 5.92 Å². The maximum absolute atomic E-state index is 5.26. The number of pyridine rings is 1. The predicted molar refractivity (Wildman–Crippen MR) is 83.0 cm³/mol. The molecule has 2 rings (SSSR count). The van der Waals surface area contributed by atoms with Crippen LogP contribution in [0.2, 0.25) is 0 Å². The van der Waals surface area contributed by atoms with Crippen molar-refractivity contribution in [3.63, 3.8) is 0 Å². The summed E-state index contributed by atoms with van der Waals surface area (Å²) < 4.78 is 5.26. The Morgan fingerprint density at radius 3 is 2.90 bits per heavy atom. The van der Waals surface area contributed by atoms with Crippen LogP contribution in [0, 0.1) is 5.92 Å². The Balaban J connectivity index is 2.09. The molecule has 0 saturated heterocycles. The molecular weight excluding hydrogens is 250 g/mol. The molecule has 1 aliphatic carbocycles. The van der Waals surface area contributed by atoms with Gasteiger partial charge in [0.2, 0.25) is 0 Å².